The van der Waals surface area contributed by atoms with Crippen molar-refractivity contribution < 1.29 is 41.0 Å². The van der Waals surface area contributed by atoms with E-state index in [0.29, 0.717) is 46.3 Å². The van der Waals surface area contributed by atoms with Gasteiger partial charge < -0.3 is 19.9 Å². The number of esters is 1. The van der Waals surface area contributed by atoms with Crippen molar-refractivity contribution in [2.24, 2.45) is 26.8 Å². The van der Waals surface area contributed by atoms with Crippen LogP contribution in [0.4, 0.5) is 0 Å². The Labute approximate surface area is 361 Å². The SMILES string of the molecule is CCCCCCCCCCCCCCCCCC(=O)OC1=C(C)C2=NC1=CC1=NC(=Cc3[n-]c4c(c3C)=C([O-])CC=4C3=NC(=C2)[C@@H](C)[C@@H]3CCC(=O)O)C(CC)=C1C.[Ni+2]. The summed E-state index contributed by atoms with van der Waals surface area (Å²) in [6.07, 6.45) is 26.4. The first-order valence-electron chi connectivity index (χ1n) is 22.3. The van der Waals surface area contributed by atoms with E-state index in [1.54, 1.807) is 0 Å². The van der Waals surface area contributed by atoms with Gasteiger partial charge in [-0.25, -0.2) is 9.98 Å². The third-order valence-corrected chi connectivity index (χ3v) is 12.8. The number of fused-ring (bicyclic) bond motifs is 5. The van der Waals surface area contributed by atoms with Gasteiger partial charge in [0.2, 0.25) is 0 Å². The monoisotopic (exact) mass is 846 g/mol. The Balaban J connectivity index is 0.00000661. The second-order valence-electron chi connectivity index (χ2n) is 17.0. The van der Waals surface area contributed by atoms with Crippen molar-refractivity contribution in [2.45, 2.75) is 170 Å². The van der Waals surface area contributed by atoms with E-state index in [1.165, 1.54) is 77.0 Å². The number of hydrogen-bond acceptors (Lipinski definition) is 7. The van der Waals surface area contributed by atoms with Crippen LogP contribution in [0.5, 0.6) is 0 Å². The maximum Gasteiger partial charge on any atom is 2.00 e. The quantitative estimate of drug-likeness (QED) is 0.0744. The van der Waals surface area contributed by atoms with Crippen LogP contribution < -0.4 is 20.7 Å². The number of carboxylic acids is 1. The molecule has 1 N–H and O–H groups in total. The van der Waals surface area contributed by atoms with E-state index >= 15 is 0 Å². The van der Waals surface area contributed by atoms with Crippen molar-refractivity contribution in [3.05, 3.63) is 73.5 Å². The van der Waals surface area contributed by atoms with Gasteiger partial charge in [0.15, 0.2) is 5.76 Å². The first-order chi connectivity index (χ1) is 28.0. The van der Waals surface area contributed by atoms with Crippen LogP contribution in [-0.4, -0.2) is 34.2 Å². The molecule has 4 aliphatic heterocycles. The second kappa shape index (κ2) is 21.5. The molecule has 0 saturated heterocycles. The number of unbranched alkanes of at least 4 members (excludes halogenated alkanes) is 14. The van der Waals surface area contributed by atoms with Crippen LogP contribution in [0.25, 0.3) is 17.4 Å². The van der Waals surface area contributed by atoms with E-state index < -0.39 is 5.97 Å². The van der Waals surface area contributed by atoms with Crippen LogP contribution in [0.15, 0.2) is 66.7 Å². The van der Waals surface area contributed by atoms with Crippen molar-refractivity contribution >= 4 is 46.5 Å². The largest absolute Gasteiger partial charge is 2.00 e. The van der Waals surface area contributed by atoms with E-state index in [-0.39, 0.29) is 52.9 Å². The summed E-state index contributed by atoms with van der Waals surface area (Å²) in [6, 6.07) is 0. The molecule has 5 aliphatic rings. The molecule has 6 rings (SSSR count). The number of allylic oxidation sites excluding steroid dienone is 6. The summed E-state index contributed by atoms with van der Waals surface area (Å²) >= 11 is 0. The smallest absolute Gasteiger partial charge is 0.875 e. The number of aliphatic carboxylic acids is 1. The molecule has 10 heteroatoms. The molecular formula is C49H64N4NiO5. The van der Waals surface area contributed by atoms with Gasteiger partial charge in [0.25, 0.3) is 0 Å². The van der Waals surface area contributed by atoms with Crippen LogP contribution in [0.2, 0.25) is 0 Å². The van der Waals surface area contributed by atoms with E-state index in [0.717, 1.165) is 76.4 Å². The van der Waals surface area contributed by atoms with Crippen LogP contribution >= 0.6 is 0 Å². The van der Waals surface area contributed by atoms with Crippen LogP contribution in [0, 0.1) is 18.8 Å². The average molecular weight is 848 g/mol. The summed E-state index contributed by atoms with van der Waals surface area (Å²) in [7, 11) is 0. The van der Waals surface area contributed by atoms with Gasteiger partial charge in [0.05, 0.1) is 17.1 Å². The minimum Gasteiger partial charge on any atom is -0.875 e. The molecule has 0 unspecified atom stereocenters. The summed E-state index contributed by atoms with van der Waals surface area (Å²) in [5, 5.41) is 24.5. The van der Waals surface area contributed by atoms with E-state index in [2.05, 4.69) is 27.7 Å². The van der Waals surface area contributed by atoms with Crippen molar-refractivity contribution in [1.82, 2.24) is 4.98 Å². The van der Waals surface area contributed by atoms with Crippen molar-refractivity contribution in [3.63, 3.8) is 0 Å². The van der Waals surface area contributed by atoms with Gasteiger partial charge in [-0.05, 0) is 80.5 Å². The van der Waals surface area contributed by atoms with Gasteiger partial charge in [0, 0.05) is 41.7 Å². The van der Waals surface area contributed by atoms with Gasteiger partial charge >= 0.3 is 28.4 Å². The number of aromatic nitrogens is 1. The zero-order chi connectivity index (χ0) is 41.3. The van der Waals surface area contributed by atoms with E-state index in [9.17, 15) is 19.8 Å². The molecule has 0 radical (unpaired) electrons. The van der Waals surface area contributed by atoms with Crippen LogP contribution in [0.1, 0.15) is 174 Å². The standard InChI is InChI=1S/C49H66N4O5.Ni/c1-7-9-10-11-12-13-14-15-16-17-18-19-20-21-22-23-45(57)58-49-33(6)40-27-38-31(4)35(24-25-44(55)56)47(52-38)36-26-43(54)46-32(5)39(53-48(36)46)28-41-34(8-2)30(3)37(50-41)29-42(49)51-40;/h27-29,31,35H,7-26H2,1-6H3,(H3,50,51,52,53,54,55,56);/q;+2/p-2/t31-,35-;/m0./s1. The molecule has 1 aromatic rings. The van der Waals surface area contributed by atoms with Gasteiger partial charge in [0.1, 0.15) is 5.70 Å². The summed E-state index contributed by atoms with van der Waals surface area (Å²) in [5.41, 5.74) is 9.33. The fourth-order valence-corrected chi connectivity index (χ4v) is 9.18. The number of rotatable bonds is 21. The number of hydrogen-bond donors (Lipinski definition) is 1. The number of carbonyl (C=O) groups is 2. The maximum absolute atomic E-state index is 13.6. The van der Waals surface area contributed by atoms with Gasteiger partial charge in [-0.1, -0.05) is 122 Å². The first kappa shape index (κ1) is 46.0. The number of aliphatic imine (C=N–C) groups is 3. The third-order valence-electron chi connectivity index (χ3n) is 12.8. The van der Waals surface area contributed by atoms with Crippen LogP contribution in [0.3, 0.4) is 0 Å². The summed E-state index contributed by atoms with van der Waals surface area (Å²) < 4.78 is 6.17. The molecule has 0 fully saturated rings. The van der Waals surface area contributed by atoms with Gasteiger partial charge in [-0.2, -0.15) is 0 Å². The summed E-state index contributed by atoms with van der Waals surface area (Å²) in [5.74, 6) is -1.04. The predicted molar refractivity (Wildman–Crippen MR) is 232 cm³/mol. The molecule has 0 spiro atoms. The van der Waals surface area contributed by atoms with Crippen LogP contribution in [-0.2, 0) is 30.8 Å². The topological polar surface area (TPSA) is 138 Å². The molecule has 0 aromatic carbocycles. The third kappa shape index (κ3) is 10.8. The summed E-state index contributed by atoms with van der Waals surface area (Å²) in [6.45, 7) is 12.3. The minimum absolute atomic E-state index is 0. The van der Waals surface area contributed by atoms with Crippen molar-refractivity contribution in [3.8, 4) is 0 Å². The molecule has 1 aromatic heterocycles. The zero-order valence-corrected chi connectivity index (χ0v) is 37.2. The molecule has 320 valence electrons. The fraction of sp³-hybridized carbons (Fsp3) is 0.571. The molecule has 0 saturated carbocycles. The Hall–Kier alpha value is -4.04. The number of carboxylic acid groups (broad SMARTS) is 1. The molecule has 5 heterocycles. The Morgan fingerprint density at radius 2 is 1.39 bits per heavy atom. The fourth-order valence-electron chi connectivity index (χ4n) is 9.18. The molecule has 2 atom stereocenters. The van der Waals surface area contributed by atoms with E-state index in [1.807, 2.05) is 32.1 Å². The molecular weight excluding hydrogens is 783 g/mol. The molecule has 0 amide bonds. The molecule has 1 aliphatic carbocycles. The molecule has 8 bridgehead atoms. The summed E-state index contributed by atoms with van der Waals surface area (Å²) in [4.78, 5) is 45.5. The zero-order valence-electron chi connectivity index (χ0n) is 36.2. The number of ether oxygens (including phenoxy) is 1. The molecule has 59 heavy (non-hydrogen) atoms. The molecule has 9 nitrogen and oxygen atoms in total. The first-order valence-corrected chi connectivity index (χ1v) is 22.3. The maximum atomic E-state index is 13.6. The Morgan fingerprint density at radius 1 is 0.797 bits per heavy atom. The Kier molecular flexibility index (Phi) is 16.8. The predicted octanol–water partition coefficient (Wildman–Crippen LogP) is 9.38. The second-order valence-corrected chi connectivity index (χ2v) is 17.0. The number of nitrogens with zero attached hydrogens (tertiary/aromatic N) is 4. The van der Waals surface area contributed by atoms with Gasteiger partial charge in [-0.3, -0.25) is 14.6 Å². The van der Waals surface area contributed by atoms with E-state index in [4.69, 9.17) is 24.7 Å². The Morgan fingerprint density at radius 3 is 2.00 bits per heavy atom. The Bertz CT molecular complexity index is 2160. The van der Waals surface area contributed by atoms with Crippen molar-refractivity contribution in [1.29, 1.82) is 0 Å². The normalized spacial score (nSPS) is 19.4. The van der Waals surface area contributed by atoms with Crippen molar-refractivity contribution in [2.75, 3.05) is 0 Å². The van der Waals surface area contributed by atoms with Gasteiger partial charge in [-0.15, -0.1) is 16.8 Å². The number of carbonyl (C=O) groups excluding carboxylic acids is 1. The average Bonchev–Trinajstić information content (AvgIpc) is 3.95. The minimum atomic E-state index is -0.873.